The minimum absolute atomic E-state index is 0.0702. The van der Waals surface area contributed by atoms with Gasteiger partial charge in [0, 0.05) is 6.54 Å². The number of aromatic nitrogens is 2. The van der Waals surface area contributed by atoms with Gasteiger partial charge in [-0.3, -0.25) is 4.79 Å². The molecule has 0 bridgehead atoms. The molecule has 0 aliphatic carbocycles. The van der Waals surface area contributed by atoms with Gasteiger partial charge in [0.05, 0.1) is 10.7 Å². The van der Waals surface area contributed by atoms with Crippen LogP contribution >= 0.6 is 11.6 Å². The Kier molecular flexibility index (Phi) is 5.05. The number of nitrogens with one attached hydrogen (secondary N) is 2. The maximum atomic E-state index is 13.6. The van der Waals surface area contributed by atoms with Crippen LogP contribution in [0.2, 0.25) is 5.02 Å². The molecule has 1 amide bonds. The molecule has 0 saturated heterocycles. The van der Waals surface area contributed by atoms with Gasteiger partial charge in [-0.2, -0.15) is 0 Å². The summed E-state index contributed by atoms with van der Waals surface area (Å²) in [5.41, 5.74) is 0.00974. The van der Waals surface area contributed by atoms with E-state index >= 15 is 0 Å². The number of benzene rings is 1. The van der Waals surface area contributed by atoms with E-state index in [4.69, 9.17) is 11.6 Å². The lowest BCUT2D eigenvalue weighted by atomic mass is 10.3. The smallest absolute Gasteiger partial charge is 0.276 e. The Balaban J connectivity index is 2.10. The molecule has 1 aromatic carbocycles. The van der Waals surface area contributed by atoms with Crippen LogP contribution in [0.5, 0.6) is 0 Å². The average molecular weight is 309 g/mol. The number of anilines is 2. The van der Waals surface area contributed by atoms with E-state index in [1.54, 1.807) is 6.07 Å². The molecule has 1 aromatic heterocycles. The molecule has 0 spiro atoms. The highest BCUT2D eigenvalue weighted by Gasteiger charge is 2.13. The van der Waals surface area contributed by atoms with Gasteiger partial charge in [0.1, 0.15) is 11.6 Å². The molecule has 2 aromatic rings. The van der Waals surface area contributed by atoms with E-state index in [0.29, 0.717) is 5.82 Å². The largest absolute Gasteiger partial charge is 0.369 e. The second kappa shape index (κ2) is 6.99. The fourth-order valence-corrected chi connectivity index (χ4v) is 1.81. The Hall–Kier alpha value is -2.21. The molecule has 5 nitrogen and oxygen atoms in total. The molecule has 110 valence electrons. The topological polar surface area (TPSA) is 66.9 Å². The first kappa shape index (κ1) is 15.2. The first-order valence-corrected chi connectivity index (χ1v) is 6.82. The van der Waals surface area contributed by atoms with Crippen molar-refractivity contribution < 1.29 is 9.18 Å². The van der Waals surface area contributed by atoms with Gasteiger partial charge in [0.15, 0.2) is 5.69 Å². The molecule has 21 heavy (non-hydrogen) atoms. The summed E-state index contributed by atoms with van der Waals surface area (Å²) in [5, 5.41) is 13.2. The lowest BCUT2D eigenvalue weighted by Crippen LogP contribution is -2.16. The van der Waals surface area contributed by atoms with Crippen LogP contribution in [0.4, 0.5) is 15.9 Å². The van der Waals surface area contributed by atoms with Gasteiger partial charge in [0.25, 0.3) is 5.91 Å². The molecule has 0 saturated carbocycles. The minimum Gasteiger partial charge on any atom is -0.369 e. The molecular weight excluding hydrogens is 295 g/mol. The third-order valence-electron chi connectivity index (χ3n) is 2.65. The van der Waals surface area contributed by atoms with E-state index in [0.717, 1.165) is 13.0 Å². The van der Waals surface area contributed by atoms with E-state index in [1.165, 1.54) is 24.3 Å². The first-order chi connectivity index (χ1) is 10.1. The van der Waals surface area contributed by atoms with Crippen molar-refractivity contribution in [3.05, 3.63) is 46.9 Å². The standard InChI is InChI=1S/C14H14ClFN4O/c1-2-8-17-12-7-6-11(19-20-12)14(21)18-13-9(15)4-3-5-10(13)16/h3-7H,2,8H2,1H3,(H,17,20)(H,18,21). The summed E-state index contributed by atoms with van der Waals surface area (Å²) in [4.78, 5) is 12.0. The monoisotopic (exact) mass is 308 g/mol. The van der Waals surface area contributed by atoms with Crippen LogP contribution in [0.15, 0.2) is 30.3 Å². The van der Waals surface area contributed by atoms with Crippen molar-refractivity contribution in [2.75, 3.05) is 17.2 Å². The lowest BCUT2D eigenvalue weighted by Gasteiger charge is -2.08. The fraction of sp³-hybridized carbons (Fsp3) is 0.214. The molecular formula is C14H14ClFN4O. The van der Waals surface area contributed by atoms with Gasteiger partial charge in [-0.15, -0.1) is 10.2 Å². The number of hydrogen-bond donors (Lipinski definition) is 2. The Morgan fingerprint density at radius 1 is 1.29 bits per heavy atom. The Morgan fingerprint density at radius 3 is 2.71 bits per heavy atom. The highest BCUT2D eigenvalue weighted by Crippen LogP contribution is 2.24. The van der Waals surface area contributed by atoms with Crippen LogP contribution in [0.25, 0.3) is 0 Å². The zero-order valence-electron chi connectivity index (χ0n) is 11.4. The molecule has 0 unspecified atom stereocenters. The zero-order valence-corrected chi connectivity index (χ0v) is 12.1. The van der Waals surface area contributed by atoms with E-state index in [-0.39, 0.29) is 16.4 Å². The molecule has 0 atom stereocenters. The van der Waals surface area contributed by atoms with Gasteiger partial charge in [0.2, 0.25) is 0 Å². The van der Waals surface area contributed by atoms with E-state index < -0.39 is 11.7 Å². The first-order valence-electron chi connectivity index (χ1n) is 6.44. The number of halogens is 2. The van der Waals surface area contributed by atoms with E-state index in [1.807, 2.05) is 6.92 Å². The number of amides is 1. The summed E-state index contributed by atoms with van der Waals surface area (Å²) in [7, 11) is 0. The SMILES string of the molecule is CCCNc1ccc(C(=O)Nc2c(F)cccc2Cl)nn1. The highest BCUT2D eigenvalue weighted by atomic mass is 35.5. The van der Waals surface area contributed by atoms with Crippen LogP contribution in [-0.4, -0.2) is 22.6 Å². The number of hydrogen-bond acceptors (Lipinski definition) is 4. The third-order valence-corrected chi connectivity index (χ3v) is 2.97. The van der Waals surface area contributed by atoms with Crippen LogP contribution in [-0.2, 0) is 0 Å². The van der Waals surface area contributed by atoms with Gasteiger partial charge in [-0.05, 0) is 30.7 Å². The second-order valence-corrected chi connectivity index (χ2v) is 4.69. The van der Waals surface area contributed by atoms with Crippen LogP contribution < -0.4 is 10.6 Å². The molecule has 1 heterocycles. The van der Waals surface area contributed by atoms with Crippen molar-refractivity contribution in [2.24, 2.45) is 0 Å². The zero-order chi connectivity index (χ0) is 15.2. The molecule has 2 N–H and O–H groups in total. The molecule has 0 radical (unpaired) electrons. The lowest BCUT2D eigenvalue weighted by molar-refractivity contribution is 0.102. The van der Waals surface area contributed by atoms with Gasteiger partial charge in [-0.1, -0.05) is 24.6 Å². The molecule has 0 aliphatic rings. The second-order valence-electron chi connectivity index (χ2n) is 4.28. The Morgan fingerprint density at radius 2 is 2.10 bits per heavy atom. The molecule has 7 heteroatoms. The molecule has 0 fully saturated rings. The van der Waals surface area contributed by atoms with Gasteiger partial charge >= 0.3 is 0 Å². The van der Waals surface area contributed by atoms with Crippen molar-refractivity contribution in [1.29, 1.82) is 0 Å². The summed E-state index contributed by atoms with van der Waals surface area (Å²) in [6.07, 6.45) is 0.954. The number of carbonyl (C=O) groups is 1. The van der Waals surface area contributed by atoms with Crippen molar-refractivity contribution in [1.82, 2.24) is 10.2 Å². The maximum absolute atomic E-state index is 13.6. The predicted octanol–water partition coefficient (Wildman–Crippen LogP) is 3.34. The summed E-state index contributed by atoms with van der Waals surface area (Å²) in [6, 6.07) is 7.31. The maximum Gasteiger partial charge on any atom is 0.276 e. The van der Waals surface area contributed by atoms with Crippen molar-refractivity contribution in [3.63, 3.8) is 0 Å². The summed E-state index contributed by atoms with van der Waals surface area (Å²) in [5.74, 6) is -0.598. The number of para-hydroxylation sites is 1. The van der Waals surface area contributed by atoms with Gasteiger partial charge < -0.3 is 10.6 Å². The van der Waals surface area contributed by atoms with E-state index in [9.17, 15) is 9.18 Å². The van der Waals surface area contributed by atoms with E-state index in [2.05, 4.69) is 20.8 Å². The highest BCUT2D eigenvalue weighted by molar-refractivity contribution is 6.33. The van der Waals surface area contributed by atoms with Crippen LogP contribution in [0.3, 0.4) is 0 Å². The summed E-state index contributed by atoms with van der Waals surface area (Å²) < 4.78 is 13.6. The molecule has 0 aliphatic heterocycles. The Bertz CT molecular complexity index is 613. The van der Waals surface area contributed by atoms with Crippen molar-refractivity contribution in [3.8, 4) is 0 Å². The predicted molar refractivity (Wildman–Crippen MR) is 80.2 cm³/mol. The van der Waals surface area contributed by atoms with Crippen molar-refractivity contribution >= 4 is 29.0 Å². The van der Waals surface area contributed by atoms with Crippen LogP contribution in [0.1, 0.15) is 23.8 Å². The average Bonchev–Trinajstić information content (AvgIpc) is 2.49. The van der Waals surface area contributed by atoms with Crippen molar-refractivity contribution in [2.45, 2.75) is 13.3 Å². The third kappa shape index (κ3) is 3.88. The summed E-state index contributed by atoms with van der Waals surface area (Å²) >= 11 is 5.84. The quantitative estimate of drug-likeness (QED) is 0.889. The number of carbonyl (C=O) groups excluding carboxylic acids is 1. The van der Waals surface area contributed by atoms with Crippen LogP contribution in [0, 0.1) is 5.82 Å². The minimum atomic E-state index is -0.606. The summed E-state index contributed by atoms with van der Waals surface area (Å²) in [6.45, 7) is 2.80. The van der Waals surface area contributed by atoms with Gasteiger partial charge in [-0.25, -0.2) is 4.39 Å². The Labute approximate surface area is 126 Å². The number of rotatable bonds is 5. The normalized spacial score (nSPS) is 10.2. The molecule has 2 rings (SSSR count). The fourth-order valence-electron chi connectivity index (χ4n) is 1.60. The number of nitrogens with zero attached hydrogens (tertiary/aromatic N) is 2.